The third kappa shape index (κ3) is 6.00. The number of nitrogens with one attached hydrogen (secondary N) is 2. The lowest BCUT2D eigenvalue weighted by atomic mass is 10.1. The molecule has 10 heteroatoms. The Labute approximate surface area is 208 Å². The molecule has 8 nitrogen and oxygen atoms in total. The summed E-state index contributed by atoms with van der Waals surface area (Å²) in [6.45, 7) is 1.74. The van der Waals surface area contributed by atoms with Crippen LogP contribution in [0.5, 0.6) is 5.75 Å². The van der Waals surface area contributed by atoms with Crippen molar-refractivity contribution in [3.63, 3.8) is 0 Å². The van der Waals surface area contributed by atoms with E-state index >= 15 is 0 Å². The molecule has 0 radical (unpaired) electrons. The van der Waals surface area contributed by atoms with Gasteiger partial charge in [-0.1, -0.05) is 29.8 Å². The van der Waals surface area contributed by atoms with Crippen molar-refractivity contribution in [3.05, 3.63) is 103 Å². The van der Waals surface area contributed by atoms with Gasteiger partial charge in [0.2, 0.25) is 0 Å². The molecule has 0 bridgehead atoms. The highest BCUT2D eigenvalue weighted by Gasteiger charge is 2.19. The third-order valence-corrected chi connectivity index (χ3v) is 5.92. The van der Waals surface area contributed by atoms with Gasteiger partial charge in [-0.05, 0) is 70.4 Å². The van der Waals surface area contributed by atoms with Crippen molar-refractivity contribution in [3.8, 4) is 5.75 Å². The third-order valence-electron chi connectivity index (χ3n) is 4.82. The lowest BCUT2D eigenvalue weighted by molar-refractivity contribution is -0.384. The van der Waals surface area contributed by atoms with E-state index < -0.39 is 16.7 Å². The van der Waals surface area contributed by atoms with E-state index in [0.717, 1.165) is 0 Å². The van der Waals surface area contributed by atoms with Crippen LogP contribution < -0.4 is 15.4 Å². The van der Waals surface area contributed by atoms with Gasteiger partial charge >= 0.3 is 0 Å². The molecule has 0 aliphatic heterocycles. The summed E-state index contributed by atoms with van der Waals surface area (Å²) in [7, 11) is 1.47. The zero-order valence-corrected chi connectivity index (χ0v) is 20.4. The van der Waals surface area contributed by atoms with Gasteiger partial charge in [0.05, 0.1) is 17.6 Å². The first kappa shape index (κ1) is 24.9. The Kier molecular flexibility index (Phi) is 8.04. The lowest BCUT2D eigenvalue weighted by Gasteiger charge is -2.14. The number of rotatable bonds is 7. The van der Waals surface area contributed by atoms with Gasteiger partial charge in [-0.15, -0.1) is 0 Å². The second kappa shape index (κ2) is 11.0. The number of methoxy groups -OCH3 is 1. The predicted octanol–water partition coefficient (Wildman–Crippen LogP) is 5.74. The van der Waals surface area contributed by atoms with Crippen LogP contribution in [0.25, 0.3) is 6.08 Å². The minimum Gasteiger partial charge on any atom is -0.497 e. The molecule has 34 heavy (non-hydrogen) atoms. The monoisotopic (exact) mass is 543 g/mol. The molecule has 3 aromatic carbocycles. The smallest absolute Gasteiger partial charge is 0.272 e. The highest BCUT2D eigenvalue weighted by atomic mass is 79.9. The molecule has 0 atom stereocenters. The van der Waals surface area contributed by atoms with E-state index in [1.165, 1.54) is 37.5 Å². The second-order valence-electron chi connectivity index (χ2n) is 7.08. The maximum atomic E-state index is 13.2. The van der Waals surface area contributed by atoms with Crippen LogP contribution in [0.15, 0.2) is 70.8 Å². The minimum atomic E-state index is -0.635. The molecule has 0 saturated carbocycles. The number of halogens is 2. The quantitative estimate of drug-likeness (QED) is 0.224. The molecule has 0 aliphatic carbocycles. The van der Waals surface area contributed by atoms with E-state index in [0.29, 0.717) is 32.1 Å². The van der Waals surface area contributed by atoms with Crippen LogP contribution in [0.4, 0.5) is 11.4 Å². The van der Waals surface area contributed by atoms with Crippen molar-refractivity contribution in [2.24, 2.45) is 0 Å². The number of ether oxygens (including phenoxy) is 1. The van der Waals surface area contributed by atoms with Gasteiger partial charge < -0.3 is 15.4 Å². The number of carbonyl (C=O) groups excluding carboxylic acids is 2. The molecule has 0 heterocycles. The summed E-state index contributed by atoms with van der Waals surface area (Å²) in [4.78, 5) is 36.8. The van der Waals surface area contributed by atoms with E-state index in [9.17, 15) is 19.7 Å². The standard InChI is InChI=1S/C24H19BrClN3O5/c1-14-20(26)7-4-8-21(14)27-24(31)22(12-15-5-3-6-16(11-15)29(32)33)28-23(30)18-13-17(34-2)9-10-19(18)25/h3-13H,1-2H3,(H,27,31)(H,28,30). The first-order valence-corrected chi connectivity index (χ1v) is 11.0. The van der Waals surface area contributed by atoms with E-state index in [-0.39, 0.29) is 16.9 Å². The Bertz CT molecular complexity index is 1310. The molecule has 2 N–H and O–H groups in total. The fraction of sp³-hybridized carbons (Fsp3) is 0.0833. The van der Waals surface area contributed by atoms with Crippen molar-refractivity contribution in [1.82, 2.24) is 5.32 Å². The molecule has 0 aliphatic rings. The Balaban J connectivity index is 2.00. The maximum Gasteiger partial charge on any atom is 0.272 e. The molecule has 0 aromatic heterocycles. The number of nitrogens with zero attached hydrogens (tertiary/aromatic N) is 1. The van der Waals surface area contributed by atoms with Crippen molar-refractivity contribution < 1.29 is 19.2 Å². The molecule has 0 saturated heterocycles. The van der Waals surface area contributed by atoms with Crippen LogP contribution in [0.1, 0.15) is 21.5 Å². The van der Waals surface area contributed by atoms with Crippen molar-refractivity contribution >= 4 is 56.8 Å². The summed E-state index contributed by atoms with van der Waals surface area (Å²) in [5.74, 6) is -0.763. The summed E-state index contributed by atoms with van der Waals surface area (Å²) in [6, 6.07) is 15.6. The number of anilines is 1. The average Bonchev–Trinajstić information content (AvgIpc) is 2.82. The van der Waals surface area contributed by atoms with Crippen LogP contribution in [0.3, 0.4) is 0 Å². The Morgan fingerprint density at radius 3 is 2.56 bits per heavy atom. The number of amides is 2. The number of carbonyl (C=O) groups is 2. The van der Waals surface area contributed by atoms with Crippen LogP contribution in [-0.4, -0.2) is 23.8 Å². The highest BCUT2D eigenvalue weighted by molar-refractivity contribution is 9.10. The number of hydrogen-bond donors (Lipinski definition) is 2. The van der Waals surface area contributed by atoms with Crippen molar-refractivity contribution in [2.45, 2.75) is 6.92 Å². The predicted molar refractivity (Wildman–Crippen MR) is 134 cm³/mol. The van der Waals surface area contributed by atoms with Crippen LogP contribution in [-0.2, 0) is 4.79 Å². The number of nitro benzene ring substituents is 1. The molecule has 3 rings (SSSR count). The summed E-state index contributed by atoms with van der Waals surface area (Å²) >= 11 is 9.47. The Morgan fingerprint density at radius 2 is 1.85 bits per heavy atom. The molecular weight excluding hydrogens is 526 g/mol. The molecule has 0 fully saturated rings. The molecule has 0 unspecified atom stereocenters. The Morgan fingerprint density at radius 1 is 1.12 bits per heavy atom. The summed E-state index contributed by atoms with van der Waals surface area (Å²) < 4.78 is 5.67. The van der Waals surface area contributed by atoms with Crippen LogP contribution in [0.2, 0.25) is 5.02 Å². The SMILES string of the molecule is COc1ccc(Br)c(C(=O)NC(=Cc2cccc([N+](=O)[O-])c2)C(=O)Nc2cccc(Cl)c2C)c1. The number of hydrogen-bond acceptors (Lipinski definition) is 5. The van der Waals surface area contributed by atoms with Crippen LogP contribution in [0, 0.1) is 17.0 Å². The van der Waals surface area contributed by atoms with Crippen molar-refractivity contribution in [2.75, 3.05) is 12.4 Å². The number of nitro groups is 1. The zero-order valence-electron chi connectivity index (χ0n) is 18.1. The molecule has 174 valence electrons. The van der Waals surface area contributed by atoms with E-state index in [4.69, 9.17) is 16.3 Å². The van der Waals surface area contributed by atoms with Gasteiger partial charge in [-0.25, -0.2) is 0 Å². The van der Waals surface area contributed by atoms with E-state index in [1.807, 2.05) is 0 Å². The second-order valence-corrected chi connectivity index (χ2v) is 8.34. The van der Waals surface area contributed by atoms with Gasteiger partial charge in [-0.2, -0.15) is 0 Å². The molecule has 2 amide bonds. The van der Waals surface area contributed by atoms with Gasteiger partial charge in [0.1, 0.15) is 11.4 Å². The largest absolute Gasteiger partial charge is 0.497 e. The zero-order chi connectivity index (χ0) is 24.8. The number of non-ortho nitro benzene ring substituents is 1. The topological polar surface area (TPSA) is 111 Å². The summed E-state index contributed by atoms with van der Waals surface area (Å²) in [5.41, 5.74) is 1.41. The normalized spacial score (nSPS) is 11.0. The minimum absolute atomic E-state index is 0.125. The first-order valence-electron chi connectivity index (χ1n) is 9.87. The van der Waals surface area contributed by atoms with Gasteiger partial charge in [-0.3, -0.25) is 19.7 Å². The number of benzene rings is 3. The summed E-state index contributed by atoms with van der Waals surface area (Å²) in [6.07, 6.45) is 1.36. The fourth-order valence-corrected chi connectivity index (χ4v) is 3.58. The van der Waals surface area contributed by atoms with E-state index in [2.05, 4.69) is 26.6 Å². The van der Waals surface area contributed by atoms with E-state index in [1.54, 1.807) is 43.3 Å². The Hall–Kier alpha value is -3.69. The van der Waals surface area contributed by atoms with Crippen molar-refractivity contribution in [1.29, 1.82) is 0 Å². The maximum absolute atomic E-state index is 13.2. The molecule has 3 aromatic rings. The molecule has 0 spiro atoms. The van der Waals surface area contributed by atoms with Gasteiger partial charge in [0.15, 0.2) is 0 Å². The first-order chi connectivity index (χ1) is 16.2. The highest BCUT2D eigenvalue weighted by Crippen LogP contribution is 2.25. The fourth-order valence-electron chi connectivity index (χ4n) is 2.98. The van der Waals surface area contributed by atoms with Gasteiger partial charge in [0, 0.05) is 27.3 Å². The lowest BCUT2D eigenvalue weighted by Crippen LogP contribution is -2.31. The summed E-state index contributed by atoms with van der Waals surface area (Å²) in [5, 5.41) is 16.9. The molecular formula is C24H19BrClN3O5. The average molecular weight is 545 g/mol. The van der Waals surface area contributed by atoms with Gasteiger partial charge in [0.25, 0.3) is 17.5 Å². The van der Waals surface area contributed by atoms with Crippen LogP contribution >= 0.6 is 27.5 Å².